The van der Waals surface area contributed by atoms with Crippen LogP contribution in [-0.4, -0.2) is 28.8 Å². The van der Waals surface area contributed by atoms with Gasteiger partial charge in [0.25, 0.3) is 5.91 Å². The van der Waals surface area contributed by atoms with E-state index in [0.29, 0.717) is 17.7 Å². The number of methoxy groups -OCH3 is 1. The monoisotopic (exact) mass is 403 g/mol. The Kier molecular flexibility index (Phi) is 5.26. The van der Waals surface area contributed by atoms with Crippen molar-refractivity contribution in [3.05, 3.63) is 95.4 Å². The third-order valence-electron chi connectivity index (χ3n) is 4.73. The van der Waals surface area contributed by atoms with Gasteiger partial charge in [0.1, 0.15) is 5.82 Å². The summed E-state index contributed by atoms with van der Waals surface area (Å²) in [6.45, 7) is 0.327. The zero-order valence-electron chi connectivity index (χ0n) is 16.1. The normalized spacial score (nSPS) is 10.7. The second-order valence-corrected chi connectivity index (χ2v) is 6.68. The number of carbonyl (C=O) groups excluding carboxylic acids is 2. The van der Waals surface area contributed by atoms with Gasteiger partial charge in [0.2, 0.25) is 0 Å². The van der Waals surface area contributed by atoms with E-state index in [1.54, 1.807) is 59.4 Å². The van der Waals surface area contributed by atoms with Crippen LogP contribution in [0.25, 0.3) is 16.6 Å². The molecule has 1 amide bonds. The number of fused-ring (bicyclic) bond motifs is 1. The zero-order chi connectivity index (χ0) is 21.1. The van der Waals surface area contributed by atoms with Crippen LogP contribution in [-0.2, 0) is 11.3 Å². The highest BCUT2D eigenvalue weighted by Crippen LogP contribution is 2.20. The van der Waals surface area contributed by atoms with E-state index in [4.69, 9.17) is 0 Å². The molecule has 1 heterocycles. The smallest absolute Gasteiger partial charge is 0.337 e. The van der Waals surface area contributed by atoms with E-state index in [1.807, 2.05) is 6.07 Å². The first kappa shape index (κ1) is 19.3. The predicted octanol–water partition coefficient (Wildman–Crippen LogP) is 3.88. The Morgan fingerprint density at radius 2 is 1.70 bits per heavy atom. The van der Waals surface area contributed by atoms with Gasteiger partial charge >= 0.3 is 5.97 Å². The van der Waals surface area contributed by atoms with E-state index in [2.05, 4.69) is 15.2 Å². The Balaban J connectivity index is 1.47. The summed E-state index contributed by atoms with van der Waals surface area (Å²) in [5, 5.41) is 8.01. The first-order valence-electron chi connectivity index (χ1n) is 9.24. The van der Waals surface area contributed by atoms with Crippen LogP contribution < -0.4 is 5.32 Å². The SMILES string of the molecule is COC(=O)c1ccc(CNC(=O)c2ccc3c(cnn3-c3ccc(F)cc3)c2)cc1. The summed E-state index contributed by atoms with van der Waals surface area (Å²) in [6, 6.07) is 18.2. The molecule has 0 radical (unpaired) electrons. The van der Waals surface area contributed by atoms with Crippen molar-refractivity contribution in [2.45, 2.75) is 6.54 Å². The van der Waals surface area contributed by atoms with E-state index in [1.165, 1.54) is 19.2 Å². The lowest BCUT2D eigenvalue weighted by atomic mass is 10.1. The lowest BCUT2D eigenvalue weighted by molar-refractivity contribution is 0.0600. The lowest BCUT2D eigenvalue weighted by Crippen LogP contribution is -2.22. The number of ether oxygens (including phenoxy) is 1. The summed E-state index contributed by atoms with van der Waals surface area (Å²) in [6.07, 6.45) is 1.67. The molecule has 0 unspecified atom stereocenters. The Labute approximate surface area is 171 Å². The molecule has 0 saturated carbocycles. The maximum absolute atomic E-state index is 13.2. The molecule has 0 aliphatic heterocycles. The van der Waals surface area contributed by atoms with E-state index in [0.717, 1.165) is 22.2 Å². The van der Waals surface area contributed by atoms with Gasteiger partial charge in [-0.2, -0.15) is 5.10 Å². The summed E-state index contributed by atoms with van der Waals surface area (Å²) < 4.78 is 19.5. The summed E-state index contributed by atoms with van der Waals surface area (Å²) in [5.74, 6) is -0.933. The van der Waals surface area contributed by atoms with Crippen LogP contribution in [0.4, 0.5) is 4.39 Å². The highest BCUT2D eigenvalue weighted by Gasteiger charge is 2.11. The molecule has 30 heavy (non-hydrogen) atoms. The number of carbonyl (C=O) groups is 2. The average Bonchev–Trinajstić information content (AvgIpc) is 3.21. The van der Waals surface area contributed by atoms with Gasteiger partial charge in [-0.25, -0.2) is 13.9 Å². The number of hydrogen-bond acceptors (Lipinski definition) is 4. The fourth-order valence-corrected chi connectivity index (χ4v) is 3.12. The van der Waals surface area contributed by atoms with Gasteiger partial charge in [-0.3, -0.25) is 4.79 Å². The summed E-state index contributed by atoms with van der Waals surface area (Å²) in [5.41, 5.74) is 3.38. The average molecular weight is 403 g/mol. The minimum atomic E-state index is -0.403. The highest BCUT2D eigenvalue weighted by atomic mass is 19.1. The van der Waals surface area contributed by atoms with E-state index in [9.17, 15) is 14.0 Å². The van der Waals surface area contributed by atoms with Crippen LogP contribution in [0.2, 0.25) is 0 Å². The first-order valence-corrected chi connectivity index (χ1v) is 9.24. The summed E-state index contributed by atoms with van der Waals surface area (Å²) in [4.78, 5) is 24.0. The summed E-state index contributed by atoms with van der Waals surface area (Å²) >= 11 is 0. The molecule has 0 atom stereocenters. The van der Waals surface area contributed by atoms with Crippen molar-refractivity contribution in [3.63, 3.8) is 0 Å². The molecule has 0 aliphatic rings. The quantitative estimate of drug-likeness (QED) is 0.513. The number of nitrogens with zero attached hydrogens (tertiary/aromatic N) is 2. The maximum Gasteiger partial charge on any atom is 0.337 e. The molecule has 150 valence electrons. The second kappa shape index (κ2) is 8.16. The third-order valence-corrected chi connectivity index (χ3v) is 4.73. The van der Waals surface area contributed by atoms with Gasteiger partial charge in [-0.15, -0.1) is 0 Å². The number of esters is 1. The fraction of sp³-hybridized carbons (Fsp3) is 0.0870. The molecule has 6 nitrogen and oxygen atoms in total. The van der Waals surface area contributed by atoms with Gasteiger partial charge in [-0.1, -0.05) is 12.1 Å². The molecule has 4 aromatic rings. The molecule has 0 saturated heterocycles. The predicted molar refractivity (Wildman–Crippen MR) is 110 cm³/mol. The lowest BCUT2D eigenvalue weighted by Gasteiger charge is -2.07. The maximum atomic E-state index is 13.2. The van der Waals surface area contributed by atoms with E-state index in [-0.39, 0.29) is 11.7 Å². The van der Waals surface area contributed by atoms with Crippen molar-refractivity contribution in [3.8, 4) is 5.69 Å². The topological polar surface area (TPSA) is 73.2 Å². The number of benzene rings is 3. The van der Waals surface area contributed by atoms with Crippen LogP contribution in [0.15, 0.2) is 72.9 Å². The fourth-order valence-electron chi connectivity index (χ4n) is 3.12. The van der Waals surface area contributed by atoms with Crippen molar-refractivity contribution < 1.29 is 18.7 Å². The number of halogens is 1. The highest BCUT2D eigenvalue weighted by molar-refractivity contribution is 5.98. The summed E-state index contributed by atoms with van der Waals surface area (Å²) in [7, 11) is 1.33. The van der Waals surface area contributed by atoms with Crippen molar-refractivity contribution in [1.82, 2.24) is 15.1 Å². The molecule has 0 spiro atoms. The largest absolute Gasteiger partial charge is 0.465 e. The molecule has 0 fully saturated rings. The van der Waals surface area contributed by atoms with Crippen molar-refractivity contribution in [1.29, 1.82) is 0 Å². The molecule has 0 bridgehead atoms. The Hall–Kier alpha value is -4.00. The molecule has 1 N–H and O–H groups in total. The Morgan fingerprint density at radius 1 is 1.00 bits per heavy atom. The number of nitrogens with one attached hydrogen (secondary N) is 1. The second-order valence-electron chi connectivity index (χ2n) is 6.68. The molecule has 7 heteroatoms. The number of amides is 1. The minimum absolute atomic E-state index is 0.219. The molecular formula is C23H18FN3O3. The number of aromatic nitrogens is 2. The van der Waals surface area contributed by atoms with Crippen molar-refractivity contribution >= 4 is 22.8 Å². The van der Waals surface area contributed by atoms with Crippen molar-refractivity contribution in [2.75, 3.05) is 7.11 Å². The van der Waals surface area contributed by atoms with Crippen LogP contribution in [0.3, 0.4) is 0 Å². The van der Waals surface area contributed by atoms with Crippen LogP contribution in [0.1, 0.15) is 26.3 Å². The number of rotatable bonds is 5. The van der Waals surface area contributed by atoms with Crippen LogP contribution in [0, 0.1) is 5.82 Å². The van der Waals surface area contributed by atoms with Gasteiger partial charge in [0.15, 0.2) is 0 Å². The molecule has 1 aromatic heterocycles. The minimum Gasteiger partial charge on any atom is -0.465 e. The molecule has 0 aliphatic carbocycles. The standard InChI is InChI=1S/C23H18FN3O3/c1-30-23(29)16-4-2-15(3-5-16)13-25-22(28)17-6-11-21-18(12-17)14-26-27(21)20-9-7-19(24)8-10-20/h2-12,14H,13H2,1H3,(H,25,28). The molecular weight excluding hydrogens is 385 g/mol. The van der Waals surface area contributed by atoms with Gasteiger partial charge in [-0.05, 0) is 60.2 Å². The van der Waals surface area contributed by atoms with Gasteiger partial charge < -0.3 is 10.1 Å². The van der Waals surface area contributed by atoms with Gasteiger partial charge in [0, 0.05) is 17.5 Å². The molecule has 3 aromatic carbocycles. The van der Waals surface area contributed by atoms with Crippen LogP contribution >= 0.6 is 0 Å². The molecule has 4 rings (SSSR count). The van der Waals surface area contributed by atoms with Crippen molar-refractivity contribution in [2.24, 2.45) is 0 Å². The van der Waals surface area contributed by atoms with Gasteiger partial charge in [0.05, 0.1) is 30.1 Å². The zero-order valence-corrected chi connectivity index (χ0v) is 16.1. The van der Waals surface area contributed by atoms with Crippen LogP contribution in [0.5, 0.6) is 0 Å². The Bertz CT molecular complexity index is 1210. The van der Waals surface area contributed by atoms with E-state index >= 15 is 0 Å². The van der Waals surface area contributed by atoms with E-state index < -0.39 is 5.97 Å². The number of hydrogen-bond donors (Lipinski definition) is 1. The first-order chi connectivity index (χ1) is 14.5. The Morgan fingerprint density at radius 3 is 2.40 bits per heavy atom. The third kappa shape index (κ3) is 3.91.